The van der Waals surface area contributed by atoms with Crippen LogP contribution in [0.4, 0.5) is 5.69 Å². The zero-order valence-electron chi connectivity index (χ0n) is 10.9. The first-order valence-electron chi connectivity index (χ1n) is 6.05. The molecule has 1 unspecified atom stereocenters. The second-order valence-corrected chi connectivity index (χ2v) is 4.36. The summed E-state index contributed by atoms with van der Waals surface area (Å²) in [7, 11) is 1.84. The second kappa shape index (κ2) is 6.27. The van der Waals surface area contributed by atoms with E-state index >= 15 is 0 Å². The maximum absolute atomic E-state index is 9.11. The highest BCUT2D eigenvalue weighted by Gasteiger charge is 2.21. The van der Waals surface area contributed by atoms with E-state index in [1.807, 2.05) is 32.2 Å². The zero-order valence-corrected chi connectivity index (χ0v) is 10.9. The summed E-state index contributed by atoms with van der Waals surface area (Å²) < 4.78 is 0. The summed E-state index contributed by atoms with van der Waals surface area (Å²) in [5.74, 6) is 0. The van der Waals surface area contributed by atoms with E-state index in [0.29, 0.717) is 0 Å². The van der Waals surface area contributed by atoms with Crippen LogP contribution >= 0.6 is 0 Å². The minimum atomic E-state index is -0.442. The SMILES string of the molecule is CCN(CCC(C)(C#N)NC)c1ccccc1. The molecular formula is C14H21N3. The van der Waals surface area contributed by atoms with Crippen molar-refractivity contribution in [2.45, 2.75) is 25.8 Å². The van der Waals surface area contributed by atoms with Crippen molar-refractivity contribution in [3.63, 3.8) is 0 Å². The van der Waals surface area contributed by atoms with Crippen LogP contribution in [-0.4, -0.2) is 25.7 Å². The molecule has 1 aromatic carbocycles. The number of nitriles is 1. The van der Waals surface area contributed by atoms with Gasteiger partial charge in [-0.25, -0.2) is 0 Å². The Morgan fingerprint density at radius 2 is 2.00 bits per heavy atom. The van der Waals surface area contributed by atoms with E-state index in [1.165, 1.54) is 5.69 Å². The van der Waals surface area contributed by atoms with Gasteiger partial charge in [0.2, 0.25) is 0 Å². The molecule has 1 aromatic rings. The van der Waals surface area contributed by atoms with Crippen LogP contribution in [0, 0.1) is 11.3 Å². The average molecular weight is 231 g/mol. The summed E-state index contributed by atoms with van der Waals surface area (Å²) >= 11 is 0. The fraction of sp³-hybridized carbons (Fsp3) is 0.500. The third kappa shape index (κ3) is 3.76. The van der Waals surface area contributed by atoms with Gasteiger partial charge in [0.25, 0.3) is 0 Å². The summed E-state index contributed by atoms with van der Waals surface area (Å²) in [6.07, 6.45) is 0.808. The minimum Gasteiger partial charge on any atom is -0.372 e. The van der Waals surface area contributed by atoms with Gasteiger partial charge in [-0.3, -0.25) is 0 Å². The van der Waals surface area contributed by atoms with Crippen molar-refractivity contribution in [3.8, 4) is 6.07 Å². The van der Waals surface area contributed by atoms with Gasteiger partial charge >= 0.3 is 0 Å². The number of anilines is 1. The van der Waals surface area contributed by atoms with Gasteiger partial charge in [0.05, 0.1) is 6.07 Å². The molecule has 0 spiro atoms. The van der Waals surface area contributed by atoms with E-state index in [1.54, 1.807) is 0 Å². The monoisotopic (exact) mass is 231 g/mol. The van der Waals surface area contributed by atoms with Crippen molar-refractivity contribution in [1.29, 1.82) is 5.26 Å². The molecule has 0 amide bonds. The molecule has 0 aliphatic carbocycles. The Bertz CT molecular complexity index is 369. The molecule has 1 atom stereocenters. The minimum absolute atomic E-state index is 0.442. The zero-order chi connectivity index (χ0) is 12.7. The Kier molecular flexibility index (Phi) is 4.99. The quantitative estimate of drug-likeness (QED) is 0.817. The van der Waals surface area contributed by atoms with Crippen LogP contribution in [0.3, 0.4) is 0 Å². The third-order valence-corrected chi connectivity index (χ3v) is 3.18. The molecule has 0 radical (unpaired) electrons. The highest BCUT2D eigenvalue weighted by Crippen LogP contribution is 2.16. The van der Waals surface area contributed by atoms with Crippen molar-refractivity contribution in [2.24, 2.45) is 0 Å². The van der Waals surface area contributed by atoms with Gasteiger partial charge < -0.3 is 10.2 Å². The van der Waals surface area contributed by atoms with Gasteiger partial charge in [0.1, 0.15) is 5.54 Å². The molecule has 0 aromatic heterocycles. The number of para-hydroxylation sites is 1. The molecule has 3 nitrogen and oxygen atoms in total. The summed E-state index contributed by atoms with van der Waals surface area (Å²) in [5, 5.41) is 12.2. The first kappa shape index (κ1) is 13.5. The molecule has 0 saturated carbocycles. The second-order valence-electron chi connectivity index (χ2n) is 4.36. The molecule has 0 aliphatic rings. The van der Waals surface area contributed by atoms with Gasteiger partial charge in [-0.15, -0.1) is 0 Å². The van der Waals surface area contributed by atoms with Gasteiger partial charge in [-0.05, 0) is 39.4 Å². The lowest BCUT2D eigenvalue weighted by atomic mass is 10.00. The molecule has 0 bridgehead atoms. The predicted molar refractivity (Wildman–Crippen MR) is 72.0 cm³/mol. The van der Waals surface area contributed by atoms with Crippen molar-refractivity contribution in [3.05, 3.63) is 30.3 Å². The van der Waals surface area contributed by atoms with Crippen LogP contribution in [0.15, 0.2) is 30.3 Å². The molecule has 0 heterocycles. The molecule has 0 aliphatic heterocycles. The number of rotatable bonds is 6. The summed E-state index contributed by atoms with van der Waals surface area (Å²) in [5.41, 5.74) is 0.772. The van der Waals surface area contributed by atoms with E-state index in [-0.39, 0.29) is 0 Å². The van der Waals surface area contributed by atoms with Gasteiger partial charge in [0, 0.05) is 18.8 Å². The molecule has 1 rings (SSSR count). The first-order valence-corrected chi connectivity index (χ1v) is 6.05. The van der Waals surface area contributed by atoms with Crippen LogP contribution in [0.25, 0.3) is 0 Å². The molecule has 0 saturated heterocycles. The van der Waals surface area contributed by atoms with Gasteiger partial charge in [-0.2, -0.15) is 5.26 Å². The van der Waals surface area contributed by atoms with E-state index in [0.717, 1.165) is 19.5 Å². The number of nitrogens with one attached hydrogen (secondary N) is 1. The smallest absolute Gasteiger partial charge is 0.105 e. The fourth-order valence-corrected chi connectivity index (χ4v) is 1.70. The van der Waals surface area contributed by atoms with Crippen molar-refractivity contribution >= 4 is 5.69 Å². The molecule has 92 valence electrons. The average Bonchev–Trinajstić information content (AvgIpc) is 2.40. The van der Waals surface area contributed by atoms with Crippen molar-refractivity contribution in [2.75, 3.05) is 25.0 Å². The maximum atomic E-state index is 9.11. The van der Waals surface area contributed by atoms with E-state index in [4.69, 9.17) is 5.26 Å². The summed E-state index contributed by atoms with van der Waals surface area (Å²) in [6, 6.07) is 12.6. The Morgan fingerprint density at radius 1 is 1.35 bits per heavy atom. The van der Waals surface area contributed by atoms with Crippen LogP contribution in [-0.2, 0) is 0 Å². The van der Waals surface area contributed by atoms with Crippen LogP contribution in [0.5, 0.6) is 0 Å². The standard InChI is InChI=1S/C14H21N3/c1-4-17(13-8-6-5-7-9-13)11-10-14(2,12-15)16-3/h5-9,16H,4,10-11H2,1-3H3. The van der Waals surface area contributed by atoms with Crippen LogP contribution < -0.4 is 10.2 Å². The summed E-state index contributed by atoms with van der Waals surface area (Å²) in [6.45, 7) is 5.91. The van der Waals surface area contributed by atoms with E-state index in [9.17, 15) is 0 Å². The Labute approximate surface area is 104 Å². The third-order valence-electron chi connectivity index (χ3n) is 3.18. The lowest BCUT2D eigenvalue weighted by Crippen LogP contribution is -2.41. The lowest BCUT2D eigenvalue weighted by molar-refractivity contribution is 0.455. The molecule has 3 heteroatoms. The van der Waals surface area contributed by atoms with E-state index in [2.05, 4.69) is 35.3 Å². The predicted octanol–water partition coefficient (Wildman–Crippen LogP) is 2.40. The lowest BCUT2D eigenvalue weighted by Gasteiger charge is -2.28. The largest absolute Gasteiger partial charge is 0.372 e. The fourth-order valence-electron chi connectivity index (χ4n) is 1.70. The summed E-state index contributed by atoms with van der Waals surface area (Å²) in [4.78, 5) is 2.28. The van der Waals surface area contributed by atoms with Crippen LogP contribution in [0.1, 0.15) is 20.3 Å². The van der Waals surface area contributed by atoms with E-state index < -0.39 is 5.54 Å². The Balaban J connectivity index is 2.64. The van der Waals surface area contributed by atoms with Crippen LogP contribution in [0.2, 0.25) is 0 Å². The number of hydrogen-bond donors (Lipinski definition) is 1. The number of benzene rings is 1. The Hall–Kier alpha value is -1.53. The molecule has 0 fully saturated rings. The maximum Gasteiger partial charge on any atom is 0.105 e. The molecule has 1 N–H and O–H groups in total. The van der Waals surface area contributed by atoms with Crippen molar-refractivity contribution in [1.82, 2.24) is 5.32 Å². The molecule has 17 heavy (non-hydrogen) atoms. The normalized spacial score (nSPS) is 13.8. The first-order chi connectivity index (χ1) is 8.15. The molecular weight excluding hydrogens is 210 g/mol. The highest BCUT2D eigenvalue weighted by atomic mass is 15.1. The number of hydrogen-bond acceptors (Lipinski definition) is 3. The number of nitrogens with zero attached hydrogens (tertiary/aromatic N) is 2. The van der Waals surface area contributed by atoms with Crippen molar-refractivity contribution < 1.29 is 0 Å². The van der Waals surface area contributed by atoms with Gasteiger partial charge in [0.15, 0.2) is 0 Å². The Morgan fingerprint density at radius 3 is 2.47 bits per heavy atom. The topological polar surface area (TPSA) is 39.1 Å². The van der Waals surface area contributed by atoms with Gasteiger partial charge in [-0.1, -0.05) is 18.2 Å². The highest BCUT2D eigenvalue weighted by molar-refractivity contribution is 5.45.